The molecule has 1 aromatic heterocycles. The Morgan fingerprint density at radius 2 is 2.18 bits per heavy atom. The monoisotopic (exact) mass is 237 g/mol. The van der Waals surface area contributed by atoms with Crippen LogP contribution in [0.25, 0.3) is 0 Å². The molecule has 0 atom stereocenters. The number of aromatic nitrogens is 2. The summed E-state index contributed by atoms with van der Waals surface area (Å²) in [7, 11) is 0. The van der Waals surface area contributed by atoms with Gasteiger partial charge in [0, 0.05) is 31.0 Å². The maximum Gasteiger partial charge on any atom is 0.203 e. The summed E-state index contributed by atoms with van der Waals surface area (Å²) in [5.41, 5.74) is 0.288. The van der Waals surface area contributed by atoms with Crippen LogP contribution in [-0.2, 0) is 13.1 Å². The first kappa shape index (κ1) is 11.6. The zero-order valence-corrected chi connectivity index (χ0v) is 9.45. The number of hydrogen-bond donors (Lipinski definition) is 1. The van der Waals surface area contributed by atoms with Crippen LogP contribution in [0.1, 0.15) is 12.5 Å². The molecule has 3 nitrogen and oxygen atoms in total. The van der Waals surface area contributed by atoms with Crippen LogP contribution in [0.15, 0.2) is 30.6 Å². The third kappa shape index (κ3) is 2.61. The molecule has 1 heterocycles. The zero-order valence-electron chi connectivity index (χ0n) is 9.45. The van der Waals surface area contributed by atoms with Crippen molar-refractivity contribution < 1.29 is 8.78 Å². The Morgan fingerprint density at radius 3 is 2.94 bits per heavy atom. The van der Waals surface area contributed by atoms with Gasteiger partial charge in [-0.1, -0.05) is 0 Å². The van der Waals surface area contributed by atoms with Crippen LogP contribution < -0.4 is 5.32 Å². The second-order valence-electron chi connectivity index (χ2n) is 3.63. The summed E-state index contributed by atoms with van der Waals surface area (Å²) in [6.07, 6.45) is 3.48. The summed E-state index contributed by atoms with van der Waals surface area (Å²) in [6, 6.07) is 3.41. The van der Waals surface area contributed by atoms with Gasteiger partial charge in [0.1, 0.15) is 11.6 Å². The fourth-order valence-electron chi connectivity index (χ4n) is 1.58. The van der Waals surface area contributed by atoms with Gasteiger partial charge >= 0.3 is 0 Å². The normalized spacial score (nSPS) is 10.5. The predicted molar refractivity (Wildman–Crippen MR) is 61.6 cm³/mol. The molecule has 0 spiro atoms. The van der Waals surface area contributed by atoms with Crippen molar-refractivity contribution in [3.05, 3.63) is 47.8 Å². The molecule has 1 N–H and O–H groups in total. The number of hydrogen-bond acceptors (Lipinski definition) is 2. The van der Waals surface area contributed by atoms with Gasteiger partial charge in [-0.2, -0.15) is 0 Å². The van der Waals surface area contributed by atoms with E-state index >= 15 is 0 Å². The molecule has 2 rings (SSSR count). The van der Waals surface area contributed by atoms with Crippen molar-refractivity contribution >= 4 is 5.95 Å². The molecule has 0 unspecified atom stereocenters. The molecule has 0 aliphatic heterocycles. The van der Waals surface area contributed by atoms with Crippen molar-refractivity contribution in [2.75, 3.05) is 5.32 Å². The van der Waals surface area contributed by atoms with E-state index < -0.39 is 11.6 Å². The minimum atomic E-state index is -0.443. The Balaban J connectivity index is 2.09. The van der Waals surface area contributed by atoms with E-state index in [2.05, 4.69) is 10.3 Å². The van der Waals surface area contributed by atoms with Gasteiger partial charge in [-0.3, -0.25) is 0 Å². The third-order valence-electron chi connectivity index (χ3n) is 2.50. The Morgan fingerprint density at radius 1 is 1.35 bits per heavy atom. The molecule has 0 aliphatic rings. The quantitative estimate of drug-likeness (QED) is 0.886. The number of benzene rings is 1. The Labute approximate surface area is 98.1 Å². The average Bonchev–Trinajstić information content (AvgIpc) is 2.77. The highest BCUT2D eigenvalue weighted by Crippen LogP contribution is 2.12. The van der Waals surface area contributed by atoms with Crippen molar-refractivity contribution in [1.29, 1.82) is 0 Å². The first-order valence-electron chi connectivity index (χ1n) is 5.39. The van der Waals surface area contributed by atoms with Crippen LogP contribution >= 0.6 is 0 Å². The lowest BCUT2D eigenvalue weighted by atomic mass is 10.2. The molecular formula is C12H13F2N3. The molecule has 1 aromatic carbocycles. The van der Waals surface area contributed by atoms with E-state index in [0.29, 0.717) is 5.95 Å². The number of nitrogens with zero attached hydrogens (tertiary/aromatic N) is 2. The van der Waals surface area contributed by atoms with Gasteiger partial charge in [0.2, 0.25) is 5.95 Å². The molecule has 0 saturated heterocycles. The van der Waals surface area contributed by atoms with Gasteiger partial charge < -0.3 is 9.88 Å². The van der Waals surface area contributed by atoms with Crippen LogP contribution in [-0.4, -0.2) is 9.55 Å². The van der Waals surface area contributed by atoms with Crippen LogP contribution in [0.3, 0.4) is 0 Å². The maximum absolute atomic E-state index is 13.3. The first-order chi connectivity index (χ1) is 8.20. The first-order valence-corrected chi connectivity index (χ1v) is 5.39. The minimum Gasteiger partial charge on any atom is -0.351 e. The Kier molecular flexibility index (Phi) is 3.37. The standard InChI is InChI=1S/C12H13F2N3/c1-2-17-6-5-15-12(17)16-8-9-7-10(13)3-4-11(9)14/h3-7H,2,8H2,1H3,(H,15,16). The van der Waals surface area contributed by atoms with E-state index in [9.17, 15) is 8.78 Å². The summed E-state index contributed by atoms with van der Waals surface area (Å²) in [4.78, 5) is 4.09. The van der Waals surface area contributed by atoms with Gasteiger partial charge in [-0.05, 0) is 25.1 Å². The van der Waals surface area contributed by atoms with E-state index in [-0.39, 0.29) is 12.1 Å². The Hall–Kier alpha value is -1.91. The van der Waals surface area contributed by atoms with Crippen molar-refractivity contribution in [2.24, 2.45) is 0 Å². The summed E-state index contributed by atoms with van der Waals surface area (Å²) in [5.74, 6) is -0.216. The predicted octanol–water partition coefficient (Wildman–Crippen LogP) is 2.79. The van der Waals surface area contributed by atoms with Crippen molar-refractivity contribution in [3.63, 3.8) is 0 Å². The Bertz CT molecular complexity index is 508. The summed E-state index contributed by atoms with van der Waals surface area (Å²) >= 11 is 0. The molecule has 0 bridgehead atoms. The molecule has 0 radical (unpaired) electrons. The highest BCUT2D eigenvalue weighted by Gasteiger charge is 2.05. The summed E-state index contributed by atoms with van der Waals surface area (Å²) in [5, 5.41) is 2.97. The van der Waals surface area contributed by atoms with Crippen LogP contribution in [0.5, 0.6) is 0 Å². The van der Waals surface area contributed by atoms with E-state index in [1.807, 2.05) is 17.7 Å². The van der Waals surface area contributed by atoms with Crippen LogP contribution in [0, 0.1) is 11.6 Å². The largest absolute Gasteiger partial charge is 0.351 e. The van der Waals surface area contributed by atoms with Gasteiger partial charge in [-0.15, -0.1) is 0 Å². The number of imidazole rings is 1. The second kappa shape index (κ2) is 4.95. The number of halogens is 2. The number of anilines is 1. The molecular weight excluding hydrogens is 224 g/mol. The molecule has 0 saturated carbocycles. The topological polar surface area (TPSA) is 29.9 Å². The minimum absolute atomic E-state index is 0.209. The average molecular weight is 237 g/mol. The van der Waals surface area contributed by atoms with E-state index in [4.69, 9.17) is 0 Å². The van der Waals surface area contributed by atoms with Gasteiger partial charge in [0.05, 0.1) is 0 Å². The SMILES string of the molecule is CCn1ccnc1NCc1cc(F)ccc1F. The van der Waals surface area contributed by atoms with Crippen LogP contribution in [0.4, 0.5) is 14.7 Å². The molecule has 2 aromatic rings. The highest BCUT2D eigenvalue weighted by atomic mass is 19.1. The summed E-state index contributed by atoms with van der Waals surface area (Å²) < 4.78 is 28.2. The third-order valence-corrected chi connectivity index (χ3v) is 2.50. The van der Waals surface area contributed by atoms with Gasteiger partial charge in [-0.25, -0.2) is 13.8 Å². The summed E-state index contributed by atoms with van der Waals surface area (Å²) in [6.45, 7) is 2.96. The lowest BCUT2D eigenvalue weighted by Gasteiger charge is -2.08. The molecule has 0 amide bonds. The zero-order chi connectivity index (χ0) is 12.3. The van der Waals surface area contributed by atoms with Crippen molar-refractivity contribution in [1.82, 2.24) is 9.55 Å². The molecule has 0 fully saturated rings. The molecule has 0 aliphatic carbocycles. The lowest BCUT2D eigenvalue weighted by molar-refractivity contribution is 0.587. The molecule has 5 heteroatoms. The molecule has 90 valence electrons. The number of nitrogens with one attached hydrogen (secondary N) is 1. The van der Waals surface area contributed by atoms with Gasteiger partial charge in [0.25, 0.3) is 0 Å². The van der Waals surface area contributed by atoms with E-state index in [1.165, 1.54) is 6.07 Å². The number of aryl methyl sites for hydroxylation is 1. The van der Waals surface area contributed by atoms with E-state index in [0.717, 1.165) is 18.7 Å². The molecule has 17 heavy (non-hydrogen) atoms. The maximum atomic E-state index is 13.3. The second-order valence-corrected chi connectivity index (χ2v) is 3.63. The van der Waals surface area contributed by atoms with Crippen LogP contribution in [0.2, 0.25) is 0 Å². The smallest absolute Gasteiger partial charge is 0.203 e. The van der Waals surface area contributed by atoms with Gasteiger partial charge in [0.15, 0.2) is 0 Å². The fraction of sp³-hybridized carbons (Fsp3) is 0.250. The fourth-order valence-corrected chi connectivity index (χ4v) is 1.58. The van der Waals surface area contributed by atoms with E-state index in [1.54, 1.807) is 6.20 Å². The van der Waals surface area contributed by atoms with Crippen molar-refractivity contribution in [2.45, 2.75) is 20.0 Å². The highest BCUT2D eigenvalue weighted by molar-refractivity contribution is 5.29. The number of rotatable bonds is 4. The lowest BCUT2D eigenvalue weighted by Crippen LogP contribution is -2.07. The van der Waals surface area contributed by atoms with Crippen molar-refractivity contribution in [3.8, 4) is 0 Å².